The molecule has 1 aliphatic heterocycles. The number of carbonyl (C=O) groups is 1. The van der Waals surface area contributed by atoms with Gasteiger partial charge in [0.1, 0.15) is 5.82 Å². The number of rotatable bonds is 8. The number of nitrogens with two attached hydrogens (primary N) is 1. The number of hydrogen-bond donors (Lipinski definition) is 5. The number of fused-ring (bicyclic) bond motifs is 1. The summed E-state index contributed by atoms with van der Waals surface area (Å²) in [4.78, 5) is 16.8. The summed E-state index contributed by atoms with van der Waals surface area (Å²) in [5.74, 6) is 1.05. The van der Waals surface area contributed by atoms with Crippen LogP contribution < -0.4 is 27.2 Å². The van der Waals surface area contributed by atoms with Crippen LogP contribution in [0.4, 0.5) is 5.69 Å². The summed E-state index contributed by atoms with van der Waals surface area (Å²) in [5, 5.41) is 7.68. The third kappa shape index (κ3) is 4.22. The van der Waals surface area contributed by atoms with Gasteiger partial charge in [-0.05, 0) is 49.8 Å². The largest absolute Gasteiger partial charge is 0.364 e. The van der Waals surface area contributed by atoms with Crippen LogP contribution in [0.5, 0.6) is 0 Å². The Morgan fingerprint density at radius 2 is 2.10 bits per heavy atom. The second-order valence-corrected chi connectivity index (χ2v) is 8.48. The molecule has 0 saturated heterocycles. The van der Waals surface area contributed by atoms with Crippen LogP contribution in [0, 0.1) is 5.92 Å². The van der Waals surface area contributed by atoms with E-state index in [1.54, 1.807) is 0 Å². The average Bonchev–Trinajstić information content (AvgIpc) is 3.46. The highest BCUT2D eigenvalue weighted by molar-refractivity contribution is 5.98. The van der Waals surface area contributed by atoms with Crippen LogP contribution in [0.2, 0.25) is 0 Å². The monoisotopic (exact) mass is 409 g/mol. The van der Waals surface area contributed by atoms with Crippen molar-refractivity contribution in [3.05, 3.63) is 42.0 Å². The van der Waals surface area contributed by atoms with Crippen molar-refractivity contribution in [3.8, 4) is 0 Å². The van der Waals surface area contributed by atoms with Crippen molar-refractivity contribution in [2.75, 3.05) is 5.32 Å². The fourth-order valence-electron chi connectivity index (χ4n) is 3.88. The second kappa shape index (κ2) is 8.30. The maximum atomic E-state index is 12.0. The molecule has 2 aliphatic rings. The molecule has 0 bridgehead atoms. The highest BCUT2D eigenvalue weighted by Gasteiger charge is 2.25. The van der Waals surface area contributed by atoms with Crippen LogP contribution >= 0.6 is 0 Å². The molecule has 0 unspecified atom stereocenters. The number of aliphatic imine (C=N–C) groups is 1. The van der Waals surface area contributed by atoms with Crippen LogP contribution in [-0.4, -0.2) is 22.5 Å². The average molecular weight is 410 g/mol. The molecule has 8 heteroatoms. The van der Waals surface area contributed by atoms with E-state index in [0.717, 1.165) is 23.9 Å². The lowest BCUT2D eigenvalue weighted by atomic mass is 10.0. The van der Waals surface area contributed by atoms with Gasteiger partial charge in [-0.15, -0.1) is 0 Å². The van der Waals surface area contributed by atoms with E-state index in [9.17, 15) is 4.79 Å². The number of amides is 1. The summed E-state index contributed by atoms with van der Waals surface area (Å²) in [6, 6.07) is 9.05. The van der Waals surface area contributed by atoms with E-state index in [2.05, 4.69) is 65.2 Å². The Balaban J connectivity index is 1.62. The van der Waals surface area contributed by atoms with Crippen molar-refractivity contribution < 1.29 is 4.79 Å². The molecule has 8 nitrogen and oxygen atoms in total. The van der Waals surface area contributed by atoms with Gasteiger partial charge < -0.3 is 20.9 Å². The first-order chi connectivity index (χ1) is 14.5. The number of carbonyl (C=O) groups excluding carboxylic acids is 1. The highest BCUT2D eigenvalue weighted by Crippen LogP contribution is 2.39. The lowest BCUT2D eigenvalue weighted by Gasteiger charge is -2.27. The highest BCUT2D eigenvalue weighted by atomic mass is 16.1. The number of hydrogen-bond acceptors (Lipinski definition) is 4. The smallest absolute Gasteiger partial charge is 0.270 e. The molecule has 1 fully saturated rings. The number of hydrazine groups is 1. The molecule has 0 radical (unpaired) electrons. The quantitative estimate of drug-likeness (QED) is 0.461. The van der Waals surface area contributed by atoms with Crippen molar-refractivity contribution in [2.45, 2.75) is 58.5 Å². The van der Waals surface area contributed by atoms with E-state index in [1.165, 1.54) is 18.4 Å². The predicted octanol–water partition coefficient (Wildman–Crippen LogP) is 2.92. The summed E-state index contributed by atoms with van der Waals surface area (Å²) < 4.78 is 2.32. The van der Waals surface area contributed by atoms with E-state index < -0.39 is 5.91 Å². The molecule has 0 spiro atoms. The summed E-state index contributed by atoms with van der Waals surface area (Å²) in [7, 11) is 0. The zero-order chi connectivity index (χ0) is 21.3. The van der Waals surface area contributed by atoms with Crippen LogP contribution in [0.3, 0.4) is 0 Å². The number of nitrogens with one attached hydrogen (secondary N) is 4. The molecule has 30 heavy (non-hydrogen) atoms. The first-order valence-corrected chi connectivity index (χ1v) is 10.7. The SMILES string of the molecule is CC[C@H](CC(C)C)N=C1NNC(C(N)=O)=C(Nc2cccc3c2ccn3C2CC2)N1. The molecule has 2 aromatic rings. The molecule has 4 rings (SSSR count). The molecule has 1 aromatic carbocycles. The Morgan fingerprint density at radius 1 is 1.30 bits per heavy atom. The summed E-state index contributed by atoms with van der Waals surface area (Å²) in [6.45, 7) is 6.51. The number of guanidine groups is 1. The van der Waals surface area contributed by atoms with E-state index in [1.807, 2.05) is 12.1 Å². The molecule has 6 N–H and O–H groups in total. The van der Waals surface area contributed by atoms with Gasteiger partial charge in [-0.1, -0.05) is 26.8 Å². The van der Waals surface area contributed by atoms with Crippen LogP contribution in [0.1, 0.15) is 52.5 Å². The normalized spacial score (nSPS) is 18.9. The molecular formula is C22H31N7O. The van der Waals surface area contributed by atoms with E-state index in [0.29, 0.717) is 23.7 Å². The Hall–Kier alpha value is -3.16. The maximum absolute atomic E-state index is 12.0. The zero-order valence-electron chi connectivity index (χ0n) is 17.8. The van der Waals surface area contributed by atoms with Crippen LogP contribution in [0.15, 0.2) is 47.0 Å². The zero-order valence-corrected chi connectivity index (χ0v) is 17.8. The predicted molar refractivity (Wildman–Crippen MR) is 120 cm³/mol. The summed E-state index contributed by atoms with van der Waals surface area (Å²) >= 11 is 0. The maximum Gasteiger partial charge on any atom is 0.270 e. The van der Waals surface area contributed by atoms with Crippen LogP contribution in [0.25, 0.3) is 10.9 Å². The van der Waals surface area contributed by atoms with Crippen molar-refractivity contribution in [1.29, 1.82) is 0 Å². The molecule has 2 heterocycles. The number of nitrogens with zero attached hydrogens (tertiary/aromatic N) is 2. The number of anilines is 1. The number of aromatic nitrogens is 1. The molecular weight excluding hydrogens is 378 g/mol. The topological polar surface area (TPSA) is 108 Å². The fraction of sp³-hybridized carbons (Fsp3) is 0.455. The number of primary amides is 1. The van der Waals surface area contributed by atoms with Gasteiger partial charge in [0.15, 0.2) is 5.70 Å². The van der Waals surface area contributed by atoms with Gasteiger partial charge in [0.2, 0.25) is 5.96 Å². The summed E-state index contributed by atoms with van der Waals surface area (Å²) in [5.41, 5.74) is 13.8. The second-order valence-electron chi connectivity index (χ2n) is 8.48. The van der Waals surface area contributed by atoms with Crippen molar-refractivity contribution in [2.24, 2.45) is 16.6 Å². The van der Waals surface area contributed by atoms with Gasteiger partial charge in [0, 0.05) is 23.3 Å². The molecule has 1 amide bonds. The van der Waals surface area contributed by atoms with Gasteiger partial charge in [-0.3, -0.25) is 15.6 Å². The van der Waals surface area contributed by atoms with Crippen LogP contribution in [-0.2, 0) is 4.79 Å². The van der Waals surface area contributed by atoms with E-state index in [4.69, 9.17) is 10.7 Å². The standard InChI is InChI=1S/C22H31N7O/c1-4-14(12-13(2)3)24-22-26-21(19(20(23)30)27-28-22)25-17-6-5-7-18-16(17)10-11-29(18)15-8-9-15/h5-7,10-11,13-15,25,27H,4,8-9,12H2,1-3H3,(H2,23,30)(H2,24,26,28)/t14-/m1/s1. The minimum Gasteiger partial charge on any atom is -0.364 e. The van der Waals surface area contributed by atoms with Gasteiger partial charge >= 0.3 is 0 Å². The Bertz CT molecular complexity index is 1000. The first kappa shape index (κ1) is 20.1. The Kier molecular flexibility index (Phi) is 5.57. The van der Waals surface area contributed by atoms with Crippen molar-refractivity contribution in [1.82, 2.24) is 20.7 Å². The minimum atomic E-state index is -0.562. The molecule has 1 aliphatic carbocycles. The Labute approximate surface area is 177 Å². The van der Waals surface area contributed by atoms with Crippen molar-refractivity contribution in [3.63, 3.8) is 0 Å². The third-order valence-corrected chi connectivity index (χ3v) is 5.54. The first-order valence-electron chi connectivity index (χ1n) is 10.7. The van der Waals surface area contributed by atoms with E-state index in [-0.39, 0.29) is 11.7 Å². The third-order valence-electron chi connectivity index (χ3n) is 5.54. The van der Waals surface area contributed by atoms with E-state index >= 15 is 0 Å². The minimum absolute atomic E-state index is 0.189. The molecule has 1 saturated carbocycles. The fourth-order valence-corrected chi connectivity index (χ4v) is 3.88. The molecule has 1 atom stereocenters. The lowest BCUT2D eigenvalue weighted by Crippen LogP contribution is -2.54. The summed E-state index contributed by atoms with van der Waals surface area (Å²) in [6.07, 6.45) is 6.52. The Morgan fingerprint density at radius 3 is 2.77 bits per heavy atom. The number of benzene rings is 1. The molecule has 1 aromatic heterocycles. The van der Waals surface area contributed by atoms with Gasteiger partial charge in [0.05, 0.1) is 11.6 Å². The van der Waals surface area contributed by atoms with Crippen molar-refractivity contribution >= 4 is 28.5 Å². The molecule has 160 valence electrons. The van der Waals surface area contributed by atoms with Gasteiger partial charge in [-0.2, -0.15) is 0 Å². The van der Waals surface area contributed by atoms with Gasteiger partial charge in [-0.25, -0.2) is 4.99 Å². The van der Waals surface area contributed by atoms with Gasteiger partial charge in [0.25, 0.3) is 5.91 Å². The lowest BCUT2D eigenvalue weighted by molar-refractivity contribution is -0.115.